The summed E-state index contributed by atoms with van der Waals surface area (Å²) in [4.78, 5) is 25.8. The van der Waals surface area contributed by atoms with Crippen molar-refractivity contribution in [2.45, 2.75) is 25.7 Å². The molecule has 0 atom stereocenters. The molecule has 0 aliphatic carbocycles. The number of nitrogens with one attached hydrogen (secondary N) is 2. The highest BCUT2D eigenvalue weighted by Gasteiger charge is 2.06. The van der Waals surface area contributed by atoms with E-state index in [1.54, 1.807) is 0 Å². The molecule has 0 saturated carbocycles. The minimum atomic E-state index is -0.311. The lowest BCUT2D eigenvalue weighted by atomic mass is 10.1. The minimum Gasteiger partial charge on any atom is -0.469 e. The summed E-state index contributed by atoms with van der Waals surface area (Å²) >= 11 is 0. The number of aromatic amines is 1. The van der Waals surface area contributed by atoms with Crippen LogP contribution in [0.2, 0.25) is 0 Å². The van der Waals surface area contributed by atoms with Gasteiger partial charge in [0.25, 0.3) is 0 Å². The number of methoxy groups -OCH3 is 1. The van der Waals surface area contributed by atoms with Crippen LogP contribution < -0.4 is 5.32 Å². The van der Waals surface area contributed by atoms with Crippen molar-refractivity contribution in [1.82, 2.24) is 10.3 Å². The van der Waals surface area contributed by atoms with Gasteiger partial charge in [-0.1, -0.05) is 18.2 Å². The predicted octanol–water partition coefficient (Wildman–Crippen LogP) is 2.17. The second-order valence-corrected chi connectivity index (χ2v) is 4.89. The Morgan fingerprint density at radius 1 is 1.24 bits per heavy atom. The summed E-state index contributed by atoms with van der Waals surface area (Å²) in [7, 11) is 1.34. The maximum Gasteiger partial charge on any atom is 0.307 e. The fourth-order valence-corrected chi connectivity index (χ4v) is 2.27. The van der Waals surface area contributed by atoms with E-state index in [9.17, 15) is 9.59 Å². The van der Waals surface area contributed by atoms with E-state index in [0.717, 1.165) is 18.4 Å². The number of aryl methyl sites for hydroxylation is 1. The number of carbonyl (C=O) groups excluding carboxylic acids is 2. The van der Waals surface area contributed by atoms with E-state index in [2.05, 4.69) is 21.1 Å². The quantitative estimate of drug-likeness (QED) is 0.767. The molecule has 21 heavy (non-hydrogen) atoms. The summed E-state index contributed by atoms with van der Waals surface area (Å²) in [6, 6.07) is 8.13. The van der Waals surface area contributed by atoms with Crippen LogP contribution in [0.15, 0.2) is 30.5 Å². The first kappa shape index (κ1) is 15.1. The van der Waals surface area contributed by atoms with Gasteiger partial charge in [-0.2, -0.15) is 0 Å². The highest BCUT2D eigenvalue weighted by Crippen LogP contribution is 2.19. The number of benzene rings is 1. The van der Waals surface area contributed by atoms with Crippen LogP contribution in [-0.4, -0.2) is 30.5 Å². The van der Waals surface area contributed by atoms with Gasteiger partial charge in [-0.25, -0.2) is 0 Å². The number of esters is 1. The molecule has 0 saturated heterocycles. The molecule has 0 radical (unpaired) electrons. The second kappa shape index (κ2) is 7.47. The first-order valence-corrected chi connectivity index (χ1v) is 7.09. The zero-order chi connectivity index (χ0) is 15.1. The van der Waals surface area contributed by atoms with E-state index >= 15 is 0 Å². The maximum atomic E-state index is 11.6. The van der Waals surface area contributed by atoms with Crippen molar-refractivity contribution in [1.29, 1.82) is 0 Å². The van der Waals surface area contributed by atoms with Crippen LogP contribution in [0, 0.1) is 0 Å². The maximum absolute atomic E-state index is 11.6. The molecular formula is C16H20N2O3. The molecule has 1 heterocycles. The Balaban J connectivity index is 1.72. The topological polar surface area (TPSA) is 71.2 Å². The molecule has 112 valence electrons. The number of rotatable bonds is 7. The van der Waals surface area contributed by atoms with Crippen LogP contribution in [0.1, 0.15) is 24.8 Å². The summed E-state index contributed by atoms with van der Waals surface area (Å²) in [5, 5.41) is 3.93. The lowest BCUT2D eigenvalue weighted by molar-refractivity contribution is -0.140. The smallest absolute Gasteiger partial charge is 0.307 e. The molecule has 2 N–H and O–H groups in total. The fourth-order valence-electron chi connectivity index (χ4n) is 2.27. The van der Waals surface area contributed by atoms with Gasteiger partial charge in [0.05, 0.1) is 13.5 Å². The molecule has 1 aromatic heterocycles. The average Bonchev–Trinajstić information content (AvgIpc) is 2.90. The summed E-state index contributed by atoms with van der Waals surface area (Å²) < 4.78 is 4.51. The SMILES string of the molecule is COC(=O)CCNC(=O)CCCc1c[nH]c2ccccc12. The van der Waals surface area contributed by atoms with Gasteiger partial charge >= 0.3 is 5.97 Å². The number of aromatic nitrogens is 1. The zero-order valence-corrected chi connectivity index (χ0v) is 12.1. The molecular weight excluding hydrogens is 268 g/mol. The van der Waals surface area contributed by atoms with Crippen molar-refractivity contribution in [3.05, 3.63) is 36.0 Å². The monoisotopic (exact) mass is 288 g/mol. The van der Waals surface area contributed by atoms with Crippen molar-refractivity contribution in [3.8, 4) is 0 Å². The predicted molar refractivity (Wildman–Crippen MR) is 80.9 cm³/mol. The number of amides is 1. The zero-order valence-electron chi connectivity index (χ0n) is 12.1. The van der Waals surface area contributed by atoms with Crippen LogP contribution in [0.4, 0.5) is 0 Å². The third kappa shape index (κ3) is 4.34. The Morgan fingerprint density at radius 3 is 2.86 bits per heavy atom. The van der Waals surface area contributed by atoms with Gasteiger partial charge in [-0.15, -0.1) is 0 Å². The molecule has 5 nitrogen and oxygen atoms in total. The minimum absolute atomic E-state index is 0.0289. The Morgan fingerprint density at radius 2 is 2.05 bits per heavy atom. The third-order valence-electron chi connectivity index (χ3n) is 3.40. The fraction of sp³-hybridized carbons (Fsp3) is 0.375. The van der Waals surface area contributed by atoms with Gasteiger partial charge in [0.15, 0.2) is 0 Å². The van der Waals surface area contributed by atoms with Gasteiger partial charge < -0.3 is 15.0 Å². The molecule has 2 aromatic rings. The molecule has 0 fully saturated rings. The first-order chi connectivity index (χ1) is 10.2. The molecule has 0 aliphatic heterocycles. The number of hydrogen-bond donors (Lipinski definition) is 2. The third-order valence-corrected chi connectivity index (χ3v) is 3.40. The van der Waals surface area contributed by atoms with Crippen molar-refractivity contribution in [2.75, 3.05) is 13.7 Å². The number of para-hydroxylation sites is 1. The molecule has 0 unspecified atom stereocenters. The van der Waals surface area contributed by atoms with E-state index in [0.29, 0.717) is 13.0 Å². The molecule has 1 aromatic carbocycles. The summed E-state index contributed by atoms with van der Waals surface area (Å²) in [6.07, 6.45) is 4.31. The van der Waals surface area contributed by atoms with Crippen LogP contribution >= 0.6 is 0 Å². The van der Waals surface area contributed by atoms with E-state index < -0.39 is 0 Å². The Kier molecular flexibility index (Phi) is 5.37. The standard InChI is InChI=1S/C16H20N2O3/c1-21-16(20)9-10-17-15(19)8-4-5-12-11-18-14-7-3-2-6-13(12)14/h2-3,6-7,11,18H,4-5,8-10H2,1H3,(H,17,19). The number of fused-ring (bicyclic) bond motifs is 1. The number of H-pyrrole nitrogens is 1. The Bertz CT molecular complexity index is 619. The molecule has 1 amide bonds. The van der Waals surface area contributed by atoms with Crippen molar-refractivity contribution < 1.29 is 14.3 Å². The number of hydrogen-bond acceptors (Lipinski definition) is 3. The molecule has 0 spiro atoms. The highest BCUT2D eigenvalue weighted by molar-refractivity contribution is 5.83. The summed E-state index contributed by atoms with van der Waals surface area (Å²) in [5.41, 5.74) is 2.35. The van der Waals surface area contributed by atoms with E-state index in [1.807, 2.05) is 24.4 Å². The van der Waals surface area contributed by atoms with Gasteiger partial charge in [0, 0.05) is 30.1 Å². The van der Waals surface area contributed by atoms with Crippen molar-refractivity contribution in [2.24, 2.45) is 0 Å². The van der Waals surface area contributed by atoms with Crippen molar-refractivity contribution >= 4 is 22.8 Å². The first-order valence-electron chi connectivity index (χ1n) is 7.09. The van der Waals surface area contributed by atoms with Gasteiger partial charge in [-0.05, 0) is 24.5 Å². The second-order valence-electron chi connectivity index (χ2n) is 4.89. The molecule has 5 heteroatoms. The Hall–Kier alpha value is -2.30. The van der Waals surface area contributed by atoms with Gasteiger partial charge in [0.1, 0.15) is 0 Å². The number of carbonyl (C=O) groups is 2. The van der Waals surface area contributed by atoms with Crippen LogP contribution in [0.25, 0.3) is 10.9 Å². The lowest BCUT2D eigenvalue weighted by Crippen LogP contribution is -2.26. The van der Waals surface area contributed by atoms with Crippen molar-refractivity contribution in [3.63, 3.8) is 0 Å². The number of ether oxygens (including phenoxy) is 1. The highest BCUT2D eigenvalue weighted by atomic mass is 16.5. The summed E-state index contributed by atoms with van der Waals surface area (Å²) in [5.74, 6) is -0.340. The largest absolute Gasteiger partial charge is 0.469 e. The Labute approximate surface area is 123 Å². The average molecular weight is 288 g/mol. The van der Waals surface area contributed by atoms with E-state index in [4.69, 9.17) is 0 Å². The van der Waals surface area contributed by atoms with Crippen LogP contribution in [-0.2, 0) is 20.7 Å². The van der Waals surface area contributed by atoms with Gasteiger partial charge in [-0.3, -0.25) is 9.59 Å². The van der Waals surface area contributed by atoms with Crippen LogP contribution in [0.3, 0.4) is 0 Å². The van der Waals surface area contributed by atoms with Crippen LogP contribution in [0.5, 0.6) is 0 Å². The normalized spacial score (nSPS) is 10.5. The van der Waals surface area contributed by atoms with E-state index in [-0.39, 0.29) is 18.3 Å². The molecule has 2 rings (SSSR count). The van der Waals surface area contributed by atoms with E-state index in [1.165, 1.54) is 18.1 Å². The van der Waals surface area contributed by atoms with Gasteiger partial charge in [0.2, 0.25) is 5.91 Å². The lowest BCUT2D eigenvalue weighted by Gasteiger charge is -2.04. The molecule has 0 bridgehead atoms. The summed E-state index contributed by atoms with van der Waals surface area (Å²) in [6.45, 7) is 0.332. The molecule has 0 aliphatic rings.